The zero-order chi connectivity index (χ0) is 11.4. The Morgan fingerprint density at radius 3 is 2.53 bits per heavy atom. The second kappa shape index (κ2) is 5.21. The normalized spacial score (nSPS) is 12.3. The molecule has 1 aromatic rings. The first-order valence-corrected chi connectivity index (χ1v) is 4.80. The smallest absolute Gasteiger partial charge is 0.146 e. The lowest BCUT2D eigenvalue weighted by Gasteiger charge is -2.16. The van der Waals surface area contributed by atoms with E-state index in [2.05, 4.69) is 0 Å². The number of nitrogens with two attached hydrogens (primary N) is 1. The molecule has 0 saturated carbocycles. The van der Waals surface area contributed by atoms with Crippen LogP contribution < -0.4 is 15.2 Å². The van der Waals surface area contributed by atoms with Crippen LogP contribution in [0, 0.1) is 0 Å². The molecular weight excluding hydrogens is 218 g/mol. The van der Waals surface area contributed by atoms with Gasteiger partial charge in [-0.25, -0.2) is 0 Å². The molecule has 1 aromatic carbocycles. The lowest BCUT2D eigenvalue weighted by atomic mass is 10.1. The second-order valence-electron chi connectivity index (χ2n) is 2.99. The van der Waals surface area contributed by atoms with Gasteiger partial charge in [0.25, 0.3) is 0 Å². The Labute approximate surface area is 93.6 Å². The Morgan fingerprint density at radius 2 is 2.07 bits per heavy atom. The summed E-state index contributed by atoms with van der Waals surface area (Å²) in [6, 6.07) is 2.91. The van der Waals surface area contributed by atoms with Gasteiger partial charge >= 0.3 is 0 Å². The minimum absolute atomic E-state index is 0.168. The molecule has 15 heavy (non-hydrogen) atoms. The average Bonchev–Trinajstić information content (AvgIpc) is 2.27. The lowest BCUT2D eigenvalue weighted by Crippen LogP contribution is -2.15. The maximum atomic E-state index is 8.97. The summed E-state index contributed by atoms with van der Waals surface area (Å²) in [5.41, 5.74) is 6.36. The van der Waals surface area contributed by atoms with Crippen LogP contribution in [-0.4, -0.2) is 25.9 Å². The van der Waals surface area contributed by atoms with Gasteiger partial charge in [-0.3, -0.25) is 0 Å². The molecule has 5 heteroatoms. The highest BCUT2D eigenvalue weighted by Gasteiger charge is 2.17. The van der Waals surface area contributed by atoms with E-state index in [1.165, 1.54) is 14.2 Å². The van der Waals surface area contributed by atoms with E-state index in [-0.39, 0.29) is 6.61 Å². The summed E-state index contributed by atoms with van der Waals surface area (Å²) in [7, 11) is 3.01. The van der Waals surface area contributed by atoms with Crippen molar-refractivity contribution in [2.24, 2.45) is 5.73 Å². The highest BCUT2D eigenvalue weighted by Crippen LogP contribution is 2.38. The number of aliphatic hydroxyl groups excluding tert-OH is 1. The van der Waals surface area contributed by atoms with E-state index in [9.17, 15) is 0 Å². The average molecular weight is 232 g/mol. The number of aliphatic hydroxyl groups is 1. The molecule has 3 N–H and O–H groups in total. The van der Waals surface area contributed by atoms with Gasteiger partial charge in [0.05, 0.1) is 26.9 Å². The van der Waals surface area contributed by atoms with Crippen LogP contribution in [0.25, 0.3) is 0 Å². The van der Waals surface area contributed by atoms with Gasteiger partial charge in [-0.15, -0.1) is 0 Å². The molecule has 0 aromatic heterocycles. The molecule has 0 heterocycles. The summed E-state index contributed by atoms with van der Waals surface area (Å²) in [5.74, 6) is 0.958. The first kappa shape index (κ1) is 12.1. The zero-order valence-corrected chi connectivity index (χ0v) is 9.41. The van der Waals surface area contributed by atoms with Crippen molar-refractivity contribution < 1.29 is 14.6 Å². The molecule has 0 saturated heterocycles. The third-order valence-electron chi connectivity index (χ3n) is 2.11. The molecule has 0 spiro atoms. The quantitative estimate of drug-likeness (QED) is 0.821. The Balaban J connectivity index is 3.24. The van der Waals surface area contributed by atoms with Crippen molar-refractivity contribution in [3.63, 3.8) is 0 Å². The fourth-order valence-corrected chi connectivity index (χ4v) is 1.63. The van der Waals surface area contributed by atoms with Crippen molar-refractivity contribution in [3.8, 4) is 11.5 Å². The van der Waals surface area contributed by atoms with Crippen LogP contribution in [0.15, 0.2) is 12.1 Å². The zero-order valence-electron chi connectivity index (χ0n) is 8.66. The van der Waals surface area contributed by atoms with Gasteiger partial charge < -0.3 is 20.3 Å². The van der Waals surface area contributed by atoms with Gasteiger partial charge in [0.15, 0.2) is 0 Å². The number of hydrogen-bond acceptors (Lipinski definition) is 4. The van der Waals surface area contributed by atoms with Crippen LogP contribution >= 0.6 is 11.6 Å². The van der Waals surface area contributed by atoms with Crippen LogP contribution in [0.3, 0.4) is 0 Å². The molecule has 0 aliphatic rings. The van der Waals surface area contributed by atoms with Crippen molar-refractivity contribution >= 4 is 11.6 Å². The number of rotatable bonds is 4. The van der Waals surface area contributed by atoms with Crippen LogP contribution in [0.1, 0.15) is 11.6 Å². The van der Waals surface area contributed by atoms with Crippen LogP contribution in [-0.2, 0) is 0 Å². The van der Waals surface area contributed by atoms with Crippen molar-refractivity contribution in [3.05, 3.63) is 22.7 Å². The molecule has 1 unspecified atom stereocenters. The standard InChI is InChI=1S/C10H14ClNO3/c1-14-8-4-3-6(7(12)5-13)10(15-2)9(8)11/h3-4,7,13H,5,12H2,1-2H3. The molecule has 0 radical (unpaired) electrons. The van der Waals surface area contributed by atoms with E-state index in [0.717, 1.165) is 0 Å². The van der Waals surface area contributed by atoms with Crippen molar-refractivity contribution in [2.45, 2.75) is 6.04 Å². The summed E-state index contributed by atoms with van der Waals surface area (Å²) in [6.45, 7) is -0.168. The first-order chi connectivity index (χ1) is 7.15. The predicted molar refractivity (Wildman–Crippen MR) is 58.6 cm³/mol. The molecular formula is C10H14ClNO3. The lowest BCUT2D eigenvalue weighted by molar-refractivity contribution is 0.264. The minimum atomic E-state index is -0.511. The number of benzene rings is 1. The summed E-state index contributed by atoms with van der Waals surface area (Å²) in [6.07, 6.45) is 0. The fraction of sp³-hybridized carbons (Fsp3) is 0.400. The number of hydrogen-bond donors (Lipinski definition) is 2. The van der Waals surface area contributed by atoms with Gasteiger partial charge in [-0.2, -0.15) is 0 Å². The van der Waals surface area contributed by atoms with Gasteiger partial charge in [0, 0.05) is 5.56 Å². The van der Waals surface area contributed by atoms with E-state index in [4.69, 9.17) is 31.9 Å². The molecule has 0 aliphatic carbocycles. The molecule has 0 amide bonds. The van der Waals surface area contributed by atoms with Crippen LogP contribution in [0.2, 0.25) is 5.02 Å². The monoisotopic (exact) mass is 231 g/mol. The van der Waals surface area contributed by atoms with Gasteiger partial charge in [-0.1, -0.05) is 11.6 Å². The van der Waals surface area contributed by atoms with Gasteiger partial charge in [-0.05, 0) is 12.1 Å². The summed E-state index contributed by atoms with van der Waals surface area (Å²) in [5, 5.41) is 9.33. The maximum Gasteiger partial charge on any atom is 0.146 e. The molecule has 1 atom stereocenters. The van der Waals surface area contributed by atoms with E-state index in [1.54, 1.807) is 12.1 Å². The minimum Gasteiger partial charge on any atom is -0.495 e. The fourth-order valence-electron chi connectivity index (χ4n) is 1.31. The van der Waals surface area contributed by atoms with Crippen molar-refractivity contribution in [2.75, 3.05) is 20.8 Å². The molecule has 0 aliphatic heterocycles. The van der Waals surface area contributed by atoms with Crippen LogP contribution in [0.4, 0.5) is 0 Å². The highest BCUT2D eigenvalue weighted by atomic mass is 35.5. The Morgan fingerprint density at radius 1 is 1.40 bits per heavy atom. The molecule has 1 rings (SSSR count). The molecule has 0 fully saturated rings. The van der Waals surface area contributed by atoms with Crippen molar-refractivity contribution in [1.29, 1.82) is 0 Å². The maximum absolute atomic E-state index is 8.97. The summed E-state index contributed by atoms with van der Waals surface area (Å²) in [4.78, 5) is 0. The van der Waals surface area contributed by atoms with Crippen LogP contribution in [0.5, 0.6) is 11.5 Å². The van der Waals surface area contributed by atoms with E-state index >= 15 is 0 Å². The molecule has 0 bridgehead atoms. The summed E-state index contributed by atoms with van der Waals surface area (Å²) < 4.78 is 10.2. The van der Waals surface area contributed by atoms with E-state index in [0.29, 0.717) is 22.1 Å². The number of halogens is 1. The van der Waals surface area contributed by atoms with Gasteiger partial charge in [0.1, 0.15) is 16.5 Å². The van der Waals surface area contributed by atoms with Gasteiger partial charge in [0.2, 0.25) is 0 Å². The first-order valence-electron chi connectivity index (χ1n) is 4.42. The Hall–Kier alpha value is -0.970. The highest BCUT2D eigenvalue weighted by molar-refractivity contribution is 6.33. The van der Waals surface area contributed by atoms with E-state index in [1.807, 2.05) is 0 Å². The predicted octanol–water partition coefficient (Wildman–Crippen LogP) is 1.35. The second-order valence-corrected chi connectivity index (χ2v) is 3.37. The SMILES string of the molecule is COc1ccc(C(N)CO)c(OC)c1Cl. The third kappa shape index (κ3) is 2.34. The molecule has 4 nitrogen and oxygen atoms in total. The van der Waals surface area contributed by atoms with Crippen molar-refractivity contribution in [1.82, 2.24) is 0 Å². The third-order valence-corrected chi connectivity index (χ3v) is 2.47. The summed E-state index contributed by atoms with van der Waals surface area (Å²) >= 11 is 6.03. The largest absolute Gasteiger partial charge is 0.495 e. The Bertz CT molecular complexity index is 344. The number of ether oxygens (including phenoxy) is 2. The molecule has 84 valence electrons. The number of methoxy groups -OCH3 is 2. The van der Waals surface area contributed by atoms with E-state index < -0.39 is 6.04 Å². The Kier molecular flexibility index (Phi) is 4.20. The topological polar surface area (TPSA) is 64.7 Å².